The topological polar surface area (TPSA) is 77.8 Å². The van der Waals surface area contributed by atoms with Gasteiger partial charge in [-0.25, -0.2) is 19.9 Å². The summed E-state index contributed by atoms with van der Waals surface area (Å²) in [5.41, 5.74) is 7.93. The van der Waals surface area contributed by atoms with Gasteiger partial charge in [0.05, 0.1) is 5.39 Å². The minimum Gasteiger partial charge on any atom is -0.456 e. The van der Waals surface area contributed by atoms with Gasteiger partial charge in [0.25, 0.3) is 0 Å². The smallest absolute Gasteiger partial charge is 0.228 e. The zero-order valence-corrected chi connectivity index (χ0v) is 27.6. The van der Waals surface area contributed by atoms with E-state index in [9.17, 15) is 0 Å². The summed E-state index contributed by atoms with van der Waals surface area (Å²) in [5.74, 6) is 1.72. The SMILES string of the molecule is c1ccc2cc(-c3nc(-c4ccc(-c5cccc6oc7ccccc7c56)c5ccccc45)nc(-c4ccnc5oc6ccccc6c45)n3)ccc2c1. The molecule has 0 N–H and O–H groups in total. The number of hydrogen-bond acceptors (Lipinski definition) is 6. The standard InChI is InChI=1S/C46H26N4O2/c1-2-11-28-26-29(21-20-27(28)10-1)43-48-44(50-45(49-43)37-24-25-47-46-42(37)36-15-6-8-18-39(36)52-46)34-23-22-32(30-12-3-4-13-31(30)34)33-16-9-19-40-41(33)35-14-5-7-17-38(35)51-40/h1-26H. The molecule has 0 unspecified atom stereocenters. The number of pyridine rings is 1. The molecule has 0 saturated heterocycles. The molecule has 7 aromatic carbocycles. The number of rotatable bonds is 4. The summed E-state index contributed by atoms with van der Waals surface area (Å²) < 4.78 is 12.4. The van der Waals surface area contributed by atoms with E-state index in [4.69, 9.17) is 23.8 Å². The van der Waals surface area contributed by atoms with E-state index in [1.165, 1.54) is 0 Å². The molecule has 0 atom stereocenters. The first kappa shape index (κ1) is 28.6. The zero-order chi connectivity index (χ0) is 34.2. The first-order chi connectivity index (χ1) is 25.8. The molecule has 242 valence electrons. The maximum atomic E-state index is 6.27. The van der Waals surface area contributed by atoms with Gasteiger partial charge >= 0.3 is 0 Å². The second kappa shape index (κ2) is 11.2. The zero-order valence-electron chi connectivity index (χ0n) is 27.6. The molecule has 11 rings (SSSR count). The lowest BCUT2D eigenvalue weighted by Crippen LogP contribution is -2.01. The lowest BCUT2D eigenvalue weighted by Gasteiger charge is -2.14. The van der Waals surface area contributed by atoms with Gasteiger partial charge in [-0.1, -0.05) is 115 Å². The lowest BCUT2D eigenvalue weighted by molar-refractivity contribution is 0.654. The fraction of sp³-hybridized carbons (Fsp3) is 0. The number of furan rings is 2. The van der Waals surface area contributed by atoms with Crippen molar-refractivity contribution in [2.75, 3.05) is 0 Å². The highest BCUT2D eigenvalue weighted by Crippen LogP contribution is 2.42. The molecule has 6 heteroatoms. The molecular formula is C46H26N4O2. The van der Waals surface area contributed by atoms with E-state index in [0.717, 1.165) is 87.7 Å². The molecule has 4 aromatic heterocycles. The molecule has 0 saturated carbocycles. The van der Waals surface area contributed by atoms with Crippen LogP contribution in [-0.2, 0) is 0 Å². The highest BCUT2D eigenvalue weighted by molar-refractivity contribution is 6.16. The Hall–Kier alpha value is -7.18. The molecule has 0 bridgehead atoms. The third-order valence-corrected chi connectivity index (χ3v) is 10.0. The van der Waals surface area contributed by atoms with Gasteiger partial charge in [0.2, 0.25) is 5.71 Å². The average molecular weight is 667 g/mol. The van der Waals surface area contributed by atoms with Crippen LogP contribution in [0.4, 0.5) is 0 Å². The van der Waals surface area contributed by atoms with Crippen molar-refractivity contribution in [2.45, 2.75) is 0 Å². The number of hydrogen-bond donors (Lipinski definition) is 0. The van der Waals surface area contributed by atoms with Crippen LogP contribution in [0.25, 0.3) is 111 Å². The molecule has 11 aromatic rings. The molecule has 0 aliphatic heterocycles. The van der Waals surface area contributed by atoms with Crippen molar-refractivity contribution < 1.29 is 8.83 Å². The quantitative estimate of drug-likeness (QED) is 0.186. The van der Waals surface area contributed by atoms with Crippen LogP contribution in [0.1, 0.15) is 0 Å². The predicted molar refractivity (Wildman–Crippen MR) is 209 cm³/mol. The van der Waals surface area contributed by atoms with Crippen LogP contribution >= 0.6 is 0 Å². The maximum absolute atomic E-state index is 6.27. The van der Waals surface area contributed by atoms with Gasteiger partial charge in [-0.05, 0) is 69.1 Å². The van der Waals surface area contributed by atoms with E-state index in [0.29, 0.717) is 23.2 Å². The third kappa shape index (κ3) is 4.38. The van der Waals surface area contributed by atoms with Crippen molar-refractivity contribution in [1.82, 2.24) is 19.9 Å². The van der Waals surface area contributed by atoms with E-state index in [1.807, 2.05) is 42.5 Å². The van der Waals surface area contributed by atoms with Crippen molar-refractivity contribution >= 4 is 65.6 Å². The van der Waals surface area contributed by atoms with E-state index < -0.39 is 0 Å². The Kier molecular flexibility index (Phi) is 6.15. The Morgan fingerprint density at radius 2 is 0.981 bits per heavy atom. The lowest BCUT2D eigenvalue weighted by atomic mass is 9.92. The number of fused-ring (bicyclic) bond motifs is 8. The first-order valence-electron chi connectivity index (χ1n) is 17.2. The van der Waals surface area contributed by atoms with Gasteiger partial charge in [-0.3, -0.25) is 0 Å². The predicted octanol–water partition coefficient (Wildman–Crippen LogP) is 12.0. The van der Waals surface area contributed by atoms with Crippen LogP contribution in [0.15, 0.2) is 167 Å². The molecule has 0 amide bonds. The van der Waals surface area contributed by atoms with Crippen LogP contribution in [0.5, 0.6) is 0 Å². The highest BCUT2D eigenvalue weighted by atomic mass is 16.3. The molecule has 52 heavy (non-hydrogen) atoms. The summed E-state index contributed by atoms with van der Waals surface area (Å²) in [6.45, 7) is 0. The Labute approximate surface area is 296 Å². The Bertz CT molecular complexity index is 3210. The summed E-state index contributed by atoms with van der Waals surface area (Å²) in [7, 11) is 0. The van der Waals surface area contributed by atoms with E-state index in [1.54, 1.807) is 6.20 Å². The minimum atomic E-state index is 0.545. The van der Waals surface area contributed by atoms with E-state index in [2.05, 4.69) is 114 Å². The second-order valence-corrected chi connectivity index (χ2v) is 13.0. The van der Waals surface area contributed by atoms with Crippen LogP contribution in [0.2, 0.25) is 0 Å². The summed E-state index contributed by atoms with van der Waals surface area (Å²) in [5, 5.41) is 8.45. The molecule has 0 spiro atoms. The van der Waals surface area contributed by atoms with Crippen LogP contribution in [-0.4, -0.2) is 19.9 Å². The summed E-state index contributed by atoms with van der Waals surface area (Å²) in [6, 6.07) is 51.9. The Morgan fingerprint density at radius 1 is 0.365 bits per heavy atom. The van der Waals surface area contributed by atoms with Crippen molar-refractivity contribution in [3.63, 3.8) is 0 Å². The minimum absolute atomic E-state index is 0.545. The van der Waals surface area contributed by atoms with Gasteiger partial charge in [0, 0.05) is 39.0 Å². The largest absolute Gasteiger partial charge is 0.456 e. The van der Waals surface area contributed by atoms with Gasteiger partial charge in [0.15, 0.2) is 17.5 Å². The fourth-order valence-electron chi connectivity index (χ4n) is 7.64. The number of para-hydroxylation sites is 2. The molecular weight excluding hydrogens is 641 g/mol. The van der Waals surface area contributed by atoms with Crippen LogP contribution in [0.3, 0.4) is 0 Å². The first-order valence-corrected chi connectivity index (χ1v) is 17.2. The van der Waals surface area contributed by atoms with Crippen molar-refractivity contribution in [2.24, 2.45) is 0 Å². The molecule has 6 nitrogen and oxygen atoms in total. The summed E-state index contributed by atoms with van der Waals surface area (Å²) in [6.07, 6.45) is 1.75. The summed E-state index contributed by atoms with van der Waals surface area (Å²) >= 11 is 0. The van der Waals surface area contributed by atoms with E-state index in [-0.39, 0.29) is 0 Å². The third-order valence-electron chi connectivity index (χ3n) is 10.0. The van der Waals surface area contributed by atoms with Crippen molar-refractivity contribution in [3.05, 3.63) is 158 Å². The maximum Gasteiger partial charge on any atom is 0.228 e. The van der Waals surface area contributed by atoms with Crippen LogP contribution in [0, 0.1) is 0 Å². The van der Waals surface area contributed by atoms with Gasteiger partial charge in [0.1, 0.15) is 16.7 Å². The molecule has 0 radical (unpaired) electrons. The van der Waals surface area contributed by atoms with Crippen LogP contribution < -0.4 is 0 Å². The van der Waals surface area contributed by atoms with Crippen molar-refractivity contribution in [3.8, 4) is 45.3 Å². The monoisotopic (exact) mass is 666 g/mol. The van der Waals surface area contributed by atoms with Gasteiger partial charge in [-0.2, -0.15) is 0 Å². The molecule has 0 aliphatic rings. The molecule has 0 fully saturated rings. The molecule has 4 heterocycles. The van der Waals surface area contributed by atoms with Gasteiger partial charge in [-0.15, -0.1) is 0 Å². The van der Waals surface area contributed by atoms with Crippen molar-refractivity contribution in [1.29, 1.82) is 0 Å². The highest BCUT2D eigenvalue weighted by Gasteiger charge is 2.21. The average Bonchev–Trinajstić information content (AvgIpc) is 3.79. The Morgan fingerprint density at radius 3 is 1.81 bits per heavy atom. The number of benzene rings is 7. The number of nitrogens with zero attached hydrogens (tertiary/aromatic N) is 4. The second-order valence-electron chi connectivity index (χ2n) is 13.0. The summed E-state index contributed by atoms with van der Waals surface area (Å²) in [4.78, 5) is 20.1. The Balaban J connectivity index is 1.17. The fourth-order valence-corrected chi connectivity index (χ4v) is 7.64. The molecule has 0 aliphatic carbocycles. The normalized spacial score (nSPS) is 11.8. The number of aromatic nitrogens is 4. The van der Waals surface area contributed by atoms with E-state index >= 15 is 0 Å². The van der Waals surface area contributed by atoms with Gasteiger partial charge < -0.3 is 8.83 Å².